The lowest BCUT2D eigenvalue weighted by Gasteiger charge is -2.21. The number of amides is 1. The largest absolute Gasteiger partial charge is 0.508 e. The van der Waals surface area contributed by atoms with Crippen molar-refractivity contribution >= 4 is 6.41 Å². The van der Waals surface area contributed by atoms with Gasteiger partial charge in [0.15, 0.2) is 0 Å². The van der Waals surface area contributed by atoms with Crippen LogP contribution in [0.1, 0.15) is 52.0 Å². The number of phenolic OH excluding ortho intramolecular Hbond substituents is 1. The Morgan fingerprint density at radius 3 is 2.18 bits per heavy atom. The Bertz CT molecular complexity index is 569. The molecule has 0 unspecified atom stereocenters. The molecule has 0 atom stereocenters. The van der Waals surface area contributed by atoms with Gasteiger partial charge in [-0.25, -0.2) is 0 Å². The predicted octanol–water partition coefficient (Wildman–Crippen LogP) is 5.22. The Kier molecular flexibility index (Phi) is 16.6. The van der Waals surface area contributed by atoms with Crippen molar-refractivity contribution < 1.29 is 9.90 Å². The van der Waals surface area contributed by atoms with E-state index in [1.807, 2.05) is 19.1 Å². The Balaban J connectivity index is 0.000000621. The number of unbranched alkanes of at least 4 members (excludes halogenated alkanes) is 2. The topological polar surface area (TPSA) is 52.6 Å². The molecule has 0 aliphatic rings. The highest BCUT2D eigenvalue weighted by Gasteiger charge is 2.04. The fourth-order valence-electron chi connectivity index (χ4n) is 2.47. The van der Waals surface area contributed by atoms with E-state index in [-0.39, 0.29) is 0 Å². The number of allylic oxidation sites excluding steroid dienone is 5. The van der Waals surface area contributed by atoms with E-state index in [0.717, 1.165) is 18.7 Å². The fraction of sp³-hybridized carbons (Fsp3) is 0.458. The molecule has 0 fully saturated rings. The minimum atomic E-state index is 0.354. The lowest BCUT2D eigenvalue weighted by atomic mass is 10.1. The molecule has 2 N–H and O–H groups in total. The van der Waals surface area contributed by atoms with Crippen molar-refractivity contribution in [3.8, 4) is 5.75 Å². The summed E-state index contributed by atoms with van der Waals surface area (Å²) in [6.07, 6.45) is 13.9. The number of aromatic hydroxyl groups is 1. The van der Waals surface area contributed by atoms with Crippen LogP contribution in [0.2, 0.25) is 0 Å². The number of nitrogens with one attached hydrogen (secondary N) is 1. The number of hydrogen-bond donors (Lipinski definition) is 2. The summed E-state index contributed by atoms with van der Waals surface area (Å²) in [4.78, 5) is 12.4. The first-order valence-corrected chi connectivity index (χ1v) is 10.2. The van der Waals surface area contributed by atoms with E-state index in [0.29, 0.717) is 12.2 Å². The van der Waals surface area contributed by atoms with Gasteiger partial charge in [-0.3, -0.25) is 4.79 Å². The Labute approximate surface area is 171 Å². The highest BCUT2D eigenvalue weighted by molar-refractivity contribution is 5.49. The second-order valence-electron chi connectivity index (χ2n) is 6.70. The van der Waals surface area contributed by atoms with Crippen LogP contribution in [0.15, 0.2) is 60.8 Å². The maximum Gasteiger partial charge on any atom is 0.211 e. The monoisotopic (exact) mass is 386 g/mol. The van der Waals surface area contributed by atoms with E-state index in [1.165, 1.54) is 44.3 Å². The van der Waals surface area contributed by atoms with E-state index in [2.05, 4.69) is 30.6 Å². The van der Waals surface area contributed by atoms with Gasteiger partial charge in [-0.2, -0.15) is 0 Å². The predicted molar refractivity (Wildman–Crippen MR) is 120 cm³/mol. The number of phenols is 1. The summed E-state index contributed by atoms with van der Waals surface area (Å²) >= 11 is 0. The van der Waals surface area contributed by atoms with Gasteiger partial charge < -0.3 is 15.3 Å². The molecule has 0 radical (unpaired) electrons. The number of hydrogen-bond acceptors (Lipinski definition) is 3. The average molecular weight is 387 g/mol. The SMILES string of the molecule is C=C/C=C\C=C(/C)NC=O.CCCCN(CCCC)CCc1ccc(O)cc1. The zero-order valence-electron chi connectivity index (χ0n) is 17.9. The quantitative estimate of drug-likeness (QED) is 0.361. The van der Waals surface area contributed by atoms with Crippen LogP contribution >= 0.6 is 0 Å². The van der Waals surface area contributed by atoms with Crippen LogP contribution in [0.5, 0.6) is 5.75 Å². The van der Waals surface area contributed by atoms with Gasteiger partial charge in [-0.15, -0.1) is 0 Å². The van der Waals surface area contributed by atoms with Crippen molar-refractivity contribution in [3.05, 3.63) is 66.4 Å². The minimum absolute atomic E-state index is 0.354. The van der Waals surface area contributed by atoms with Crippen molar-refractivity contribution in [1.29, 1.82) is 0 Å². The summed E-state index contributed by atoms with van der Waals surface area (Å²) in [6, 6.07) is 7.59. The van der Waals surface area contributed by atoms with E-state index in [4.69, 9.17) is 0 Å². The first kappa shape index (κ1) is 25.7. The van der Waals surface area contributed by atoms with Crippen molar-refractivity contribution in [2.75, 3.05) is 19.6 Å². The zero-order valence-corrected chi connectivity index (χ0v) is 17.9. The summed E-state index contributed by atoms with van der Waals surface area (Å²) in [7, 11) is 0. The lowest BCUT2D eigenvalue weighted by molar-refractivity contribution is -0.108. The molecule has 0 aliphatic heterocycles. The highest BCUT2D eigenvalue weighted by atomic mass is 16.3. The average Bonchev–Trinajstić information content (AvgIpc) is 2.69. The molecule has 156 valence electrons. The van der Waals surface area contributed by atoms with Crippen molar-refractivity contribution in [2.45, 2.75) is 52.9 Å². The summed E-state index contributed by atoms with van der Waals surface area (Å²) in [5.74, 6) is 0.354. The molecule has 28 heavy (non-hydrogen) atoms. The third kappa shape index (κ3) is 14.8. The Morgan fingerprint density at radius 1 is 1.07 bits per heavy atom. The van der Waals surface area contributed by atoms with Gasteiger partial charge in [0.25, 0.3) is 0 Å². The third-order valence-corrected chi connectivity index (χ3v) is 4.19. The molecule has 1 aromatic rings. The maximum absolute atomic E-state index is 9.85. The van der Waals surface area contributed by atoms with Crippen LogP contribution < -0.4 is 5.32 Å². The smallest absolute Gasteiger partial charge is 0.211 e. The first-order valence-electron chi connectivity index (χ1n) is 10.2. The number of benzene rings is 1. The second kappa shape index (κ2) is 18.1. The number of nitrogens with zero attached hydrogens (tertiary/aromatic N) is 1. The molecule has 1 rings (SSSR count). The summed E-state index contributed by atoms with van der Waals surface area (Å²) < 4.78 is 0. The molecule has 1 aromatic carbocycles. The molecule has 0 saturated carbocycles. The maximum atomic E-state index is 9.85. The highest BCUT2D eigenvalue weighted by Crippen LogP contribution is 2.11. The van der Waals surface area contributed by atoms with Crippen molar-refractivity contribution in [2.24, 2.45) is 0 Å². The fourth-order valence-corrected chi connectivity index (χ4v) is 2.47. The second-order valence-corrected chi connectivity index (χ2v) is 6.70. The Morgan fingerprint density at radius 2 is 1.68 bits per heavy atom. The molecule has 0 heterocycles. The van der Waals surface area contributed by atoms with Crippen molar-refractivity contribution in [1.82, 2.24) is 10.2 Å². The van der Waals surface area contributed by atoms with E-state index < -0.39 is 0 Å². The van der Waals surface area contributed by atoms with Crippen LogP contribution in [0.3, 0.4) is 0 Å². The Hall–Kier alpha value is -2.33. The van der Waals surface area contributed by atoms with Gasteiger partial charge in [-0.05, 0) is 63.0 Å². The van der Waals surface area contributed by atoms with Crippen LogP contribution in [-0.4, -0.2) is 36.1 Å². The van der Waals surface area contributed by atoms with Gasteiger partial charge >= 0.3 is 0 Å². The van der Waals surface area contributed by atoms with Crippen molar-refractivity contribution in [3.63, 3.8) is 0 Å². The zero-order chi connectivity index (χ0) is 21.0. The molecule has 4 heteroatoms. The van der Waals surface area contributed by atoms with Crippen LogP contribution in [0.4, 0.5) is 0 Å². The van der Waals surface area contributed by atoms with Gasteiger partial charge in [0.05, 0.1) is 0 Å². The molecule has 0 spiro atoms. The standard InChI is InChI=1S/C16H27NO.C8H11NO/c1-3-5-12-17(13-6-4-2)14-11-15-7-9-16(18)10-8-15;1-3-4-5-6-8(2)9-7-10/h7-10,18H,3-6,11-14H2,1-2H3;3-7H,1H2,2H3,(H,9,10)/b;5-4-,8-6+. The van der Waals surface area contributed by atoms with Crippen LogP contribution in [-0.2, 0) is 11.2 Å². The summed E-state index contributed by atoms with van der Waals surface area (Å²) in [5.41, 5.74) is 2.12. The van der Waals surface area contributed by atoms with Gasteiger partial charge in [0, 0.05) is 12.2 Å². The minimum Gasteiger partial charge on any atom is -0.508 e. The lowest BCUT2D eigenvalue weighted by Crippen LogP contribution is -2.28. The molecular formula is C24H38N2O2. The van der Waals surface area contributed by atoms with Gasteiger partial charge in [0.2, 0.25) is 6.41 Å². The molecule has 0 saturated heterocycles. The normalized spacial score (nSPS) is 11.2. The molecule has 0 aromatic heterocycles. The van der Waals surface area contributed by atoms with Gasteiger partial charge in [0.1, 0.15) is 5.75 Å². The van der Waals surface area contributed by atoms with E-state index in [9.17, 15) is 9.90 Å². The molecule has 0 aliphatic carbocycles. The van der Waals surface area contributed by atoms with E-state index in [1.54, 1.807) is 36.4 Å². The summed E-state index contributed by atoms with van der Waals surface area (Å²) in [5, 5.41) is 11.8. The third-order valence-electron chi connectivity index (χ3n) is 4.19. The number of carbonyl (C=O) groups is 1. The van der Waals surface area contributed by atoms with E-state index >= 15 is 0 Å². The molecule has 4 nitrogen and oxygen atoms in total. The molecule has 1 amide bonds. The first-order chi connectivity index (χ1) is 13.6. The molecule has 0 bridgehead atoms. The summed E-state index contributed by atoms with van der Waals surface area (Å²) in [6.45, 7) is 13.4. The van der Waals surface area contributed by atoms with Crippen LogP contribution in [0, 0.1) is 0 Å². The number of rotatable bonds is 13. The number of carbonyl (C=O) groups excluding carboxylic acids is 1. The van der Waals surface area contributed by atoms with Crippen LogP contribution in [0.25, 0.3) is 0 Å². The molecular weight excluding hydrogens is 348 g/mol. The van der Waals surface area contributed by atoms with Gasteiger partial charge in [-0.1, -0.05) is 63.6 Å².